The van der Waals surface area contributed by atoms with Crippen molar-refractivity contribution in [3.8, 4) is 5.75 Å². The monoisotopic (exact) mass is 260 g/mol. The number of aldehydes is 1. The van der Waals surface area contributed by atoms with E-state index in [9.17, 15) is 9.18 Å². The van der Waals surface area contributed by atoms with E-state index in [-0.39, 0.29) is 5.82 Å². The lowest BCUT2D eigenvalue weighted by Crippen LogP contribution is -1.95. The zero-order valence-corrected chi connectivity index (χ0v) is 11.1. The maximum absolute atomic E-state index is 12.7. The third-order valence-electron chi connectivity index (χ3n) is 2.33. The summed E-state index contributed by atoms with van der Waals surface area (Å²) in [5, 5.41) is 0. The molecule has 100 valence electrons. The van der Waals surface area contributed by atoms with Crippen LogP contribution in [0.1, 0.15) is 29.8 Å². The molecular formula is C16H17FO2. The maximum atomic E-state index is 12.7. The van der Waals surface area contributed by atoms with Gasteiger partial charge in [-0.1, -0.05) is 26.0 Å². The third kappa shape index (κ3) is 4.92. The van der Waals surface area contributed by atoms with Gasteiger partial charge in [-0.05, 0) is 42.0 Å². The van der Waals surface area contributed by atoms with Gasteiger partial charge < -0.3 is 4.74 Å². The lowest BCUT2D eigenvalue weighted by Gasteiger charge is -2.06. The van der Waals surface area contributed by atoms with Crippen molar-refractivity contribution in [1.82, 2.24) is 0 Å². The summed E-state index contributed by atoms with van der Waals surface area (Å²) in [5.41, 5.74) is 1.50. The Labute approximate surface area is 112 Å². The van der Waals surface area contributed by atoms with Crippen molar-refractivity contribution in [2.75, 3.05) is 0 Å². The van der Waals surface area contributed by atoms with Crippen molar-refractivity contribution < 1.29 is 13.9 Å². The molecule has 0 fully saturated rings. The molecule has 0 aliphatic carbocycles. The van der Waals surface area contributed by atoms with E-state index in [0.717, 1.165) is 11.8 Å². The van der Waals surface area contributed by atoms with Gasteiger partial charge in [0.25, 0.3) is 0 Å². The van der Waals surface area contributed by atoms with Crippen molar-refractivity contribution in [2.45, 2.75) is 20.5 Å². The fourth-order valence-electron chi connectivity index (χ4n) is 1.39. The molecule has 2 aromatic carbocycles. The predicted molar refractivity (Wildman–Crippen MR) is 73.9 cm³/mol. The number of hydrogen-bond acceptors (Lipinski definition) is 2. The summed E-state index contributed by atoms with van der Waals surface area (Å²) in [6, 6.07) is 13.0. The van der Waals surface area contributed by atoms with Gasteiger partial charge in [-0.3, -0.25) is 4.79 Å². The Balaban J connectivity index is 0.000000861. The lowest BCUT2D eigenvalue weighted by atomic mass is 10.2. The van der Waals surface area contributed by atoms with Crippen molar-refractivity contribution >= 4 is 6.29 Å². The summed E-state index contributed by atoms with van der Waals surface area (Å²) in [6.07, 6.45) is 0.782. The van der Waals surface area contributed by atoms with E-state index in [2.05, 4.69) is 0 Å². The summed E-state index contributed by atoms with van der Waals surface area (Å²) >= 11 is 0. The first kappa shape index (κ1) is 14.9. The minimum atomic E-state index is -0.260. The molecule has 0 saturated carbocycles. The van der Waals surface area contributed by atoms with E-state index in [1.165, 1.54) is 12.1 Å². The number of hydrogen-bond donors (Lipinski definition) is 0. The molecule has 0 aliphatic heterocycles. The van der Waals surface area contributed by atoms with Gasteiger partial charge in [-0.15, -0.1) is 0 Å². The van der Waals surface area contributed by atoms with Crippen LogP contribution in [0.25, 0.3) is 0 Å². The smallest absolute Gasteiger partial charge is 0.150 e. The van der Waals surface area contributed by atoms with Crippen LogP contribution in [0.2, 0.25) is 0 Å². The number of carbonyl (C=O) groups is 1. The number of rotatable bonds is 4. The van der Waals surface area contributed by atoms with Gasteiger partial charge in [0.15, 0.2) is 0 Å². The minimum absolute atomic E-state index is 0.260. The molecule has 0 unspecified atom stereocenters. The molecule has 3 heteroatoms. The second-order valence-corrected chi connectivity index (χ2v) is 3.60. The Morgan fingerprint density at radius 3 is 2.11 bits per heavy atom. The summed E-state index contributed by atoms with van der Waals surface area (Å²) < 4.78 is 18.2. The van der Waals surface area contributed by atoms with Crippen LogP contribution < -0.4 is 4.74 Å². The van der Waals surface area contributed by atoms with E-state index in [4.69, 9.17) is 4.74 Å². The molecule has 0 N–H and O–H groups in total. The van der Waals surface area contributed by atoms with Crippen molar-refractivity contribution in [3.05, 3.63) is 65.5 Å². The summed E-state index contributed by atoms with van der Waals surface area (Å²) in [4.78, 5) is 10.5. The van der Waals surface area contributed by atoms with E-state index in [1.54, 1.807) is 36.4 Å². The van der Waals surface area contributed by atoms with E-state index in [1.807, 2.05) is 13.8 Å². The highest BCUT2D eigenvalue weighted by Crippen LogP contribution is 2.13. The van der Waals surface area contributed by atoms with Gasteiger partial charge in [0.2, 0.25) is 0 Å². The molecule has 0 radical (unpaired) electrons. The fourth-order valence-corrected chi connectivity index (χ4v) is 1.39. The zero-order valence-electron chi connectivity index (χ0n) is 11.1. The van der Waals surface area contributed by atoms with Crippen LogP contribution >= 0.6 is 0 Å². The van der Waals surface area contributed by atoms with Gasteiger partial charge >= 0.3 is 0 Å². The Morgan fingerprint density at radius 1 is 1.00 bits per heavy atom. The molecule has 2 nitrogen and oxygen atoms in total. The third-order valence-corrected chi connectivity index (χ3v) is 2.33. The van der Waals surface area contributed by atoms with E-state index < -0.39 is 0 Å². The van der Waals surface area contributed by atoms with Crippen molar-refractivity contribution in [3.63, 3.8) is 0 Å². The number of benzene rings is 2. The molecule has 0 atom stereocenters. The summed E-state index contributed by atoms with van der Waals surface area (Å²) in [6.45, 7) is 4.38. The first-order valence-corrected chi connectivity index (χ1v) is 6.20. The maximum Gasteiger partial charge on any atom is 0.150 e. The molecule has 0 bridgehead atoms. The van der Waals surface area contributed by atoms with Crippen LogP contribution in [-0.4, -0.2) is 6.29 Å². The average Bonchev–Trinajstić information content (AvgIpc) is 2.49. The molecule has 0 aromatic heterocycles. The predicted octanol–water partition coefficient (Wildman–Crippen LogP) is 4.24. The molecule has 19 heavy (non-hydrogen) atoms. The summed E-state index contributed by atoms with van der Waals surface area (Å²) in [5.74, 6) is 0.420. The standard InChI is InChI=1S/C14H11FO2.C2H6/c15-13-5-1-12(2-6-13)10-17-14-7-3-11(9-16)4-8-14;1-2/h1-9H,10H2;1-2H3. The number of ether oxygens (including phenoxy) is 1. The molecule has 0 spiro atoms. The molecule has 2 aromatic rings. The normalized spacial score (nSPS) is 9.21. The Kier molecular flexibility index (Phi) is 6.30. The van der Waals surface area contributed by atoms with Gasteiger partial charge in [0, 0.05) is 5.56 Å². The SMILES string of the molecule is CC.O=Cc1ccc(OCc2ccc(F)cc2)cc1. The fraction of sp³-hybridized carbons (Fsp3) is 0.188. The van der Waals surface area contributed by atoms with E-state index in [0.29, 0.717) is 17.9 Å². The lowest BCUT2D eigenvalue weighted by molar-refractivity contribution is 0.112. The topological polar surface area (TPSA) is 26.3 Å². The minimum Gasteiger partial charge on any atom is -0.489 e. The highest BCUT2D eigenvalue weighted by molar-refractivity contribution is 5.74. The van der Waals surface area contributed by atoms with Crippen LogP contribution in [0.15, 0.2) is 48.5 Å². The van der Waals surface area contributed by atoms with Crippen LogP contribution in [0.3, 0.4) is 0 Å². The molecule has 0 amide bonds. The quantitative estimate of drug-likeness (QED) is 0.768. The Bertz CT molecular complexity index is 489. The van der Waals surface area contributed by atoms with Crippen LogP contribution in [-0.2, 0) is 6.61 Å². The Hall–Kier alpha value is -2.16. The van der Waals surface area contributed by atoms with Gasteiger partial charge in [-0.2, -0.15) is 0 Å². The second-order valence-electron chi connectivity index (χ2n) is 3.60. The Morgan fingerprint density at radius 2 is 1.58 bits per heavy atom. The van der Waals surface area contributed by atoms with Crippen LogP contribution in [0.5, 0.6) is 5.75 Å². The molecule has 0 saturated heterocycles. The second kappa shape index (κ2) is 8.03. The highest BCUT2D eigenvalue weighted by atomic mass is 19.1. The van der Waals surface area contributed by atoms with Crippen molar-refractivity contribution in [2.24, 2.45) is 0 Å². The first-order chi connectivity index (χ1) is 9.28. The first-order valence-electron chi connectivity index (χ1n) is 6.20. The average molecular weight is 260 g/mol. The molecule has 0 heterocycles. The highest BCUT2D eigenvalue weighted by Gasteiger charge is 1.97. The molecule has 2 rings (SSSR count). The van der Waals surface area contributed by atoms with Crippen LogP contribution in [0, 0.1) is 5.82 Å². The van der Waals surface area contributed by atoms with Gasteiger partial charge in [0.05, 0.1) is 0 Å². The zero-order chi connectivity index (χ0) is 14.1. The largest absolute Gasteiger partial charge is 0.489 e. The van der Waals surface area contributed by atoms with Gasteiger partial charge in [0.1, 0.15) is 24.5 Å². The molecular weight excluding hydrogens is 243 g/mol. The summed E-state index contributed by atoms with van der Waals surface area (Å²) in [7, 11) is 0. The van der Waals surface area contributed by atoms with Crippen LogP contribution in [0.4, 0.5) is 4.39 Å². The number of halogens is 1. The van der Waals surface area contributed by atoms with Gasteiger partial charge in [-0.25, -0.2) is 4.39 Å². The number of carbonyl (C=O) groups excluding carboxylic acids is 1. The van der Waals surface area contributed by atoms with E-state index >= 15 is 0 Å². The molecule has 0 aliphatic rings. The van der Waals surface area contributed by atoms with Crippen molar-refractivity contribution in [1.29, 1.82) is 0 Å².